The van der Waals surface area contributed by atoms with Crippen molar-refractivity contribution >= 4 is 18.0 Å². The lowest BCUT2D eigenvalue weighted by Crippen LogP contribution is -2.07. The van der Waals surface area contributed by atoms with Crippen molar-refractivity contribution in [1.29, 1.82) is 0 Å². The van der Waals surface area contributed by atoms with E-state index < -0.39 is 0 Å². The van der Waals surface area contributed by atoms with Crippen LogP contribution in [0.2, 0.25) is 0 Å². The maximum Gasteiger partial charge on any atom is 0.322 e. The van der Waals surface area contributed by atoms with E-state index >= 15 is 0 Å². The van der Waals surface area contributed by atoms with Gasteiger partial charge in [-0.05, 0) is 36.3 Å². The fourth-order valence-corrected chi connectivity index (χ4v) is 2.59. The zero-order chi connectivity index (χ0) is 18.6. The summed E-state index contributed by atoms with van der Waals surface area (Å²) in [5.74, 6) is 1.44. The summed E-state index contributed by atoms with van der Waals surface area (Å²) in [6.07, 6.45) is 3.57. The van der Waals surface area contributed by atoms with E-state index in [-0.39, 0.29) is 18.7 Å². The monoisotopic (exact) mass is 363 g/mol. The molecule has 1 aromatic heterocycles. The van der Waals surface area contributed by atoms with Gasteiger partial charge in [-0.15, -0.1) is 5.10 Å². The minimum Gasteiger partial charge on any atom is -0.454 e. The Balaban J connectivity index is 1.35. The number of hydrogen-bond donors (Lipinski definition) is 1. The van der Waals surface area contributed by atoms with Gasteiger partial charge in [0.05, 0.1) is 6.42 Å². The van der Waals surface area contributed by atoms with Gasteiger partial charge < -0.3 is 13.9 Å². The van der Waals surface area contributed by atoms with Crippen LogP contribution < -0.4 is 14.8 Å². The Hall–Kier alpha value is -3.61. The van der Waals surface area contributed by atoms with E-state index in [1.807, 2.05) is 37.3 Å². The van der Waals surface area contributed by atoms with Gasteiger partial charge in [0.2, 0.25) is 12.7 Å². The lowest BCUT2D eigenvalue weighted by Gasteiger charge is -1.98. The zero-order valence-electron chi connectivity index (χ0n) is 14.6. The Morgan fingerprint density at radius 3 is 2.78 bits per heavy atom. The number of fused-ring (bicyclic) bond motifs is 1. The van der Waals surface area contributed by atoms with E-state index in [2.05, 4.69) is 15.5 Å². The van der Waals surface area contributed by atoms with Gasteiger partial charge in [-0.25, -0.2) is 0 Å². The minimum absolute atomic E-state index is 0.0671. The first kappa shape index (κ1) is 16.8. The molecule has 1 amide bonds. The Morgan fingerprint density at radius 2 is 1.93 bits per heavy atom. The number of carbonyl (C=O) groups is 1. The minimum atomic E-state index is -0.363. The number of hydrogen-bond acceptors (Lipinski definition) is 6. The molecule has 2 aromatic carbocycles. The van der Waals surface area contributed by atoms with Crippen molar-refractivity contribution in [2.45, 2.75) is 13.3 Å². The molecule has 27 heavy (non-hydrogen) atoms. The van der Waals surface area contributed by atoms with Crippen LogP contribution in [0.15, 0.2) is 53.0 Å². The molecular formula is C20H17N3O4. The number of nitrogens with one attached hydrogen (secondary N) is 1. The predicted octanol–water partition coefficient (Wildman–Crippen LogP) is 3.35. The molecule has 0 spiro atoms. The first-order valence-corrected chi connectivity index (χ1v) is 8.42. The summed E-state index contributed by atoms with van der Waals surface area (Å²) < 4.78 is 16.0. The zero-order valence-corrected chi connectivity index (χ0v) is 14.6. The third kappa shape index (κ3) is 4.14. The number of benzene rings is 2. The summed E-state index contributed by atoms with van der Waals surface area (Å²) in [6.45, 7) is 2.24. The molecule has 0 bridgehead atoms. The van der Waals surface area contributed by atoms with Crippen LogP contribution in [0.4, 0.5) is 6.01 Å². The largest absolute Gasteiger partial charge is 0.454 e. The van der Waals surface area contributed by atoms with Crippen LogP contribution in [0.1, 0.15) is 22.6 Å². The number of carbonyl (C=O) groups excluding carboxylic acids is 1. The second-order valence-electron chi connectivity index (χ2n) is 6.10. The van der Waals surface area contributed by atoms with Gasteiger partial charge >= 0.3 is 6.01 Å². The maximum atomic E-state index is 12.0. The molecule has 7 nitrogen and oxygen atoms in total. The Morgan fingerprint density at radius 1 is 1.11 bits per heavy atom. The average Bonchev–Trinajstić information content (AvgIpc) is 3.30. The normalized spacial score (nSPS) is 12.5. The second kappa shape index (κ2) is 7.33. The van der Waals surface area contributed by atoms with Gasteiger partial charge in [-0.2, -0.15) is 0 Å². The summed E-state index contributed by atoms with van der Waals surface area (Å²) in [4.78, 5) is 12.0. The van der Waals surface area contributed by atoms with Crippen molar-refractivity contribution < 1.29 is 18.7 Å². The van der Waals surface area contributed by atoms with Gasteiger partial charge in [0.25, 0.3) is 5.91 Å². The van der Waals surface area contributed by atoms with Crippen LogP contribution in [0.5, 0.6) is 11.5 Å². The van der Waals surface area contributed by atoms with Crippen LogP contribution in [-0.2, 0) is 11.2 Å². The molecule has 0 unspecified atom stereocenters. The van der Waals surface area contributed by atoms with E-state index in [0.717, 1.165) is 11.1 Å². The number of aromatic nitrogens is 2. The molecule has 1 aliphatic heterocycles. The van der Waals surface area contributed by atoms with Crippen molar-refractivity contribution in [2.24, 2.45) is 0 Å². The summed E-state index contributed by atoms with van der Waals surface area (Å²) in [5.41, 5.74) is 3.07. The molecule has 2 heterocycles. The van der Waals surface area contributed by atoms with Crippen LogP contribution >= 0.6 is 0 Å². The van der Waals surface area contributed by atoms with Crippen molar-refractivity contribution in [3.63, 3.8) is 0 Å². The summed E-state index contributed by atoms with van der Waals surface area (Å²) in [6, 6.07) is 13.6. The van der Waals surface area contributed by atoms with Crippen LogP contribution in [0.3, 0.4) is 0 Å². The highest BCUT2D eigenvalue weighted by atomic mass is 16.7. The van der Waals surface area contributed by atoms with E-state index in [9.17, 15) is 4.79 Å². The molecular weight excluding hydrogens is 346 g/mol. The van der Waals surface area contributed by atoms with Gasteiger partial charge in [-0.1, -0.05) is 41.0 Å². The fourth-order valence-electron chi connectivity index (χ4n) is 2.59. The molecule has 1 N–H and O–H groups in total. The molecule has 0 aliphatic carbocycles. The van der Waals surface area contributed by atoms with Gasteiger partial charge in [0.15, 0.2) is 11.5 Å². The molecule has 1 aliphatic rings. The van der Waals surface area contributed by atoms with E-state index in [1.54, 1.807) is 18.2 Å². The molecule has 0 atom stereocenters. The average molecular weight is 363 g/mol. The predicted molar refractivity (Wildman–Crippen MR) is 98.5 cm³/mol. The Labute approximate surface area is 155 Å². The van der Waals surface area contributed by atoms with Crippen molar-refractivity contribution in [1.82, 2.24) is 10.2 Å². The summed E-state index contributed by atoms with van der Waals surface area (Å²) in [5, 5.41) is 10.4. The SMILES string of the molecule is Cc1ccc(Cc2nnc(NC(=O)C=Cc3ccc4c(c3)OCO4)o2)cc1. The van der Waals surface area contributed by atoms with Crippen molar-refractivity contribution in [2.75, 3.05) is 12.1 Å². The molecule has 0 radical (unpaired) electrons. The standard InChI is InChI=1S/C20H17N3O4/c1-13-2-4-15(5-3-13)11-19-22-23-20(27-19)21-18(24)9-7-14-6-8-16-17(10-14)26-12-25-16/h2-10H,11-12H2,1H3,(H,21,23,24). The highest BCUT2D eigenvalue weighted by Crippen LogP contribution is 2.32. The van der Waals surface area contributed by atoms with Crippen LogP contribution in [0, 0.1) is 6.92 Å². The van der Waals surface area contributed by atoms with Crippen molar-refractivity contribution in [3.8, 4) is 11.5 Å². The summed E-state index contributed by atoms with van der Waals surface area (Å²) in [7, 11) is 0. The van der Waals surface area contributed by atoms with Gasteiger partial charge in [0, 0.05) is 6.08 Å². The maximum absolute atomic E-state index is 12.0. The highest BCUT2D eigenvalue weighted by Gasteiger charge is 2.13. The highest BCUT2D eigenvalue weighted by molar-refractivity contribution is 6.00. The Bertz CT molecular complexity index is 993. The molecule has 136 valence electrons. The molecule has 3 aromatic rings. The molecule has 7 heteroatoms. The topological polar surface area (TPSA) is 86.5 Å². The lowest BCUT2D eigenvalue weighted by atomic mass is 10.1. The molecule has 4 rings (SSSR count). The molecule has 0 saturated carbocycles. The number of rotatable bonds is 5. The van der Waals surface area contributed by atoms with E-state index in [0.29, 0.717) is 23.8 Å². The van der Waals surface area contributed by atoms with E-state index in [4.69, 9.17) is 13.9 Å². The van der Waals surface area contributed by atoms with Crippen molar-refractivity contribution in [3.05, 3.63) is 71.1 Å². The molecule has 0 fully saturated rings. The first-order chi connectivity index (χ1) is 13.2. The quantitative estimate of drug-likeness (QED) is 0.700. The summed E-state index contributed by atoms with van der Waals surface area (Å²) >= 11 is 0. The molecule has 0 saturated heterocycles. The Kier molecular flexibility index (Phi) is 4.57. The number of anilines is 1. The third-order valence-corrected chi connectivity index (χ3v) is 4.00. The number of amides is 1. The first-order valence-electron chi connectivity index (χ1n) is 8.42. The van der Waals surface area contributed by atoms with Gasteiger partial charge in [0.1, 0.15) is 0 Å². The van der Waals surface area contributed by atoms with E-state index in [1.165, 1.54) is 11.6 Å². The smallest absolute Gasteiger partial charge is 0.322 e. The lowest BCUT2D eigenvalue weighted by molar-refractivity contribution is -0.112. The number of aryl methyl sites for hydroxylation is 1. The third-order valence-electron chi connectivity index (χ3n) is 4.00. The van der Waals surface area contributed by atoms with Crippen LogP contribution in [-0.4, -0.2) is 22.9 Å². The second-order valence-corrected chi connectivity index (χ2v) is 6.10. The van der Waals surface area contributed by atoms with Gasteiger partial charge in [-0.3, -0.25) is 10.1 Å². The number of ether oxygens (including phenoxy) is 2. The fraction of sp³-hybridized carbons (Fsp3) is 0.150. The number of nitrogens with zero attached hydrogens (tertiary/aromatic N) is 2. The van der Waals surface area contributed by atoms with Crippen LogP contribution in [0.25, 0.3) is 6.08 Å².